The summed E-state index contributed by atoms with van der Waals surface area (Å²) in [5, 5.41) is 0. The third kappa shape index (κ3) is 12.3. The second kappa shape index (κ2) is 19.0. The molecule has 2 saturated carbocycles. The first kappa shape index (κ1) is 33.1. The second-order valence-corrected chi connectivity index (χ2v) is 27.8. The van der Waals surface area contributed by atoms with Gasteiger partial charge in [-0.25, -0.2) is 0 Å². The van der Waals surface area contributed by atoms with E-state index in [-0.39, 0.29) is 0 Å². The predicted molar refractivity (Wildman–Crippen MR) is 174 cm³/mol. The van der Waals surface area contributed by atoms with E-state index < -0.39 is 18.4 Å². The monoisotopic (exact) mass is 614 g/mol. The summed E-state index contributed by atoms with van der Waals surface area (Å²) in [5.41, 5.74) is 7.40. The van der Waals surface area contributed by atoms with Gasteiger partial charge in [0.15, 0.2) is 0 Å². The molecular weight excluding hydrogens is 550 g/mol. The fourth-order valence-electron chi connectivity index (χ4n) is 6.94. The van der Waals surface area contributed by atoms with Gasteiger partial charge >= 0.3 is 239 Å². The average molecular weight is 613 g/mol. The van der Waals surface area contributed by atoms with Crippen molar-refractivity contribution >= 4 is 25.1 Å². The Bertz CT molecular complexity index is 706. The molecule has 0 aliphatic heterocycles. The summed E-state index contributed by atoms with van der Waals surface area (Å²) < 4.78 is 1.80. The Morgan fingerprint density at radius 3 is 1.70 bits per heavy atom. The molecule has 2 fully saturated rings. The SMILES string of the molecule is CCCCC/C=C/C(B(C1CCCCC1)C1CCCCC1)=[C](\C=C=C(CCCC)CCCC)[Sn]([CH3])([CH3])[CH3]. The summed E-state index contributed by atoms with van der Waals surface area (Å²) in [4.78, 5) is 8.01. The van der Waals surface area contributed by atoms with E-state index in [9.17, 15) is 0 Å². The summed E-state index contributed by atoms with van der Waals surface area (Å²) in [6.45, 7) is 7.79. The number of hydrogen-bond donors (Lipinski definition) is 0. The van der Waals surface area contributed by atoms with Crippen molar-refractivity contribution < 1.29 is 0 Å². The first-order valence-corrected chi connectivity index (χ1v) is 26.8. The fraction of sp³-hybridized carbons (Fsp3) is 0.800. The molecule has 2 rings (SSSR count). The van der Waals surface area contributed by atoms with E-state index in [0.29, 0.717) is 0 Å². The molecule has 210 valence electrons. The Hall–Kier alpha value is -0.136. The van der Waals surface area contributed by atoms with Crippen LogP contribution in [-0.4, -0.2) is 25.1 Å². The number of allylic oxidation sites excluding steroid dienone is 5. The molecule has 0 radical (unpaired) electrons. The van der Waals surface area contributed by atoms with E-state index in [4.69, 9.17) is 0 Å². The Kier molecular flexibility index (Phi) is 17.0. The van der Waals surface area contributed by atoms with Crippen molar-refractivity contribution in [1.82, 2.24) is 0 Å². The van der Waals surface area contributed by atoms with Crippen LogP contribution in [0.4, 0.5) is 0 Å². The Morgan fingerprint density at radius 1 is 0.730 bits per heavy atom. The fourth-order valence-corrected chi connectivity index (χ4v) is 11.6. The first-order valence-electron chi connectivity index (χ1n) is 16.8. The van der Waals surface area contributed by atoms with Crippen molar-refractivity contribution in [1.29, 1.82) is 0 Å². The van der Waals surface area contributed by atoms with Crippen LogP contribution >= 0.6 is 0 Å². The van der Waals surface area contributed by atoms with Crippen LogP contribution in [0.15, 0.2) is 38.6 Å². The zero-order chi connectivity index (χ0) is 26.9. The van der Waals surface area contributed by atoms with Gasteiger partial charge in [-0.05, 0) is 0 Å². The van der Waals surface area contributed by atoms with E-state index >= 15 is 0 Å². The molecule has 0 aromatic heterocycles. The van der Waals surface area contributed by atoms with Gasteiger partial charge in [-0.15, -0.1) is 0 Å². The second-order valence-electron chi connectivity index (χ2n) is 13.4. The number of unbranched alkanes of at least 4 members (excludes halogenated alkanes) is 5. The zero-order valence-corrected chi connectivity index (χ0v) is 29.0. The standard InChI is InChI=1S/C32H54B.3CH3.Sn/c1-4-7-10-11-14-23-32(28-19-22-29(20-8-5-2)21-9-6-3)33(30-24-15-12-16-25-30)31-26-17-13-18-27-31;;;;/h14,19,23,30-31H,4-13,15-18,20-21,24-27H2,1-3H3;3*1H3;/b23-14+,32-28?;;;;. The molecule has 0 N–H and O–H groups in total. The van der Waals surface area contributed by atoms with Gasteiger partial charge in [0.05, 0.1) is 0 Å². The van der Waals surface area contributed by atoms with Gasteiger partial charge in [-0.2, -0.15) is 0 Å². The first-order chi connectivity index (χ1) is 17.9. The molecule has 37 heavy (non-hydrogen) atoms. The topological polar surface area (TPSA) is 0 Å². The van der Waals surface area contributed by atoms with E-state index in [1.807, 2.05) is 0 Å². The molecule has 2 heteroatoms. The van der Waals surface area contributed by atoms with Crippen LogP contribution in [0.3, 0.4) is 0 Å². The van der Waals surface area contributed by atoms with E-state index in [0.717, 1.165) is 18.3 Å². The molecule has 0 spiro atoms. The van der Waals surface area contributed by atoms with Gasteiger partial charge in [0.25, 0.3) is 0 Å². The van der Waals surface area contributed by atoms with Crippen molar-refractivity contribution in [3.05, 3.63) is 38.6 Å². The van der Waals surface area contributed by atoms with Crippen molar-refractivity contribution in [2.75, 3.05) is 0 Å². The molecule has 0 aromatic rings. The summed E-state index contributed by atoms with van der Waals surface area (Å²) in [7, 11) is 0. The number of rotatable bonds is 16. The molecule has 0 nitrogen and oxygen atoms in total. The van der Waals surface area contributed by atoms with Crippen LogP contribution in [-0.2, 0) is 0 Å². The van der Waals surface area contributed by atoms with Crippen molar-refractivity contribution in [2.45, 2.75) is 176 Å². The third-order valence-electron chi connectivity index (χ3n) is 9.15. The molecule has 0 aromatic carbocycles. The summed E-state index contributed by atoms with van der Waals surface area (Å²) in [5.74, 6) is 1.82. The molecular formula is C35H63BSn. The molecule has 0 amide bonds. The van der Waals surface area contributed by atoms with Crippen LogP contribution in [0.2, 0.25) is 26.5 Å². The van der Waals surface area contributed by atoms with Crippen LogP contribution in [0, 0.1) is 0 Å². The van der Waals surface area contributed by atoms with E-state index in [1.165, 1.54) is 128 Å². The molecule has 0 saturated heterocycles. The van der Waals surface area contributed by atoms with Gasteiger partial charge < -0.3 is 0 Å². The van der Waals surface area contributed by atoms with Gasteiger partial charge in [0.2, 0.25) is 0 Å². The Morgan fingerprint density at radius 2 is 1.24 bits per heavy atom. The molecule has 2 aliphatic rings. The van der Waals surface area contributed by atoms with E-state index in [1.54, 1.807) is 14.6 Å². The summed E-state index contributed by atoms with van der Waals surface area (Å²) in [6, 6.07) is 0. The van der Waals surface area contributed by atoms with Gasteiger partial charge in [-0.3, -0.25) is 0 Å². The zero-order valence-electron chi connectivity index (χ0n) is 26.1. The molecule has 2 aliphatic carbocycles. The Balaban J connectivity index is 2.63. The molecule has 0 bridgehead atoms. The van der Waals surface area contributed by atoms with Gasteiger partial charge in [0.1, 0.15) is 0 Å². The molecule has 0 heterocycles. The predicted octanol–water partition coefficient (Wildman–Crippen LogP) is 12.5. The Labute approximate surface area is 238 Å². The molecule has 0 atom stereocenters. The normalized spacial score (nSPS) is 18.5. The van der Waals surface area contributed by atoms with Crippen LogP contribution in [0.25, 0.3) is 0 Å². The van der Waals surface area contributed by atoms with Crippen LogP contribution in [0.1, 0.15) is 149 Å². The minimum absolute atomic E-state index is 0.793. The maximum absolute atomic E-state index is 4.00. The average Bonchev–Trinajstić information content (AvgIpc) is 2.90. The third-order valence-corrected chi connectivity index (χ3v) is 15.0. The maximum atomic E-state index is 4.00. The van der Waals surface area contributed by atoms with E-state index in [2.05, 4.69) is 59.5 Å². The minimum atomic E-state index is -2.41. The van der Waals surface area contributed by atoms with Crippen molar-refractivity contribution in [3.8, 4) is 0 Å². The van der Waals surface area contributed by atoms with Crippen LogP contribution < -0.4 is 0 Å². The van der Waals surface area contributed by atoms with Crippen molar-refractivity contribution in [3.63, 3.8) is 0 Å². The molecule has 0 unspecified atom stereocenters. The quantitative estimate of drug-likeness (QED) is 0.0703. The summed E-state index contributed by atoms with van der Waals surface area (Å²) in [6.07, 6.45) is 35.5. The number of hydrogen-bond acceptors (Lipinski definition) is 0. The van der Waals surface area contributed by atoms with Crippen molar-refractivity contribution in [2.24, 2.45) is 0 Å². The summed E-state index contributed by atoms with van der Waals surface area (Å²) >= 11 is -2.41. The van der Waals surface area contributed by atoms with Gasteiger partial charge in [0, 0.05) is 0 Å². The van der Waals surface area contributed by atoms with Gasteiger partial charge in [-0.1, -0.05) is 0 Å². The van der Waals surface area contributed by atoms with Crippen LogP contribution in [0.5, 0.6) is 0 Å².